The highest BCUT2D eigenvalue weighted by Gasteiger charge is 2.30. The van der Waals surface area contributed by atoms with E-state index in [-0.39, 0.29) is 24.8 Å². The first-order valence-corrected chi connectivity index (χ1v) is 8.46. The lowest BCUT2D eigenvalue weighted by atomic mass is 10.1. The van der Waals surface area contributed by atoms with E-state index in [0.29, 0.717) is 17.8 Å². The zero-order valence-electron chi connectivity index (χ0n) is 14.5. The summed E-state index contributed by atoms with van der Waals surface area (Å²) < 4.78 is 0. The smallest absolute Gasteiger partial charge is 0.277 e. The lowest BCUT2D eigenvalue weighted by Gasteiger charge is -2.13. The van der Waals surface area contributed by atoms with E-state index >= 15 is 0 Å². The Balaban J connectivity index is 1.65. The van der Waals surface area contributed by atoms with Crippen LogP contribution in [0.1, 0.15) is 15.9 Å². The van der Waals surface area contributed by atoms with E-state index in [4.69, 9.17) is 5.11 Å². The normalized spacial score (nSPS) is 13.5. The van der Waals surface area contributed by atoms with Crippen LogP contribution in [0.2, 0.25) is 0 Å². The minimum Gasteiger partial charge on any atom is -0.395 e. The summed E-state index contributed by atoms with van der Waals surface area (Å²) >= 11 is 0. The van der Waals surface area contributed by atoms with Crippen molar-refractivity contribution in [3.8, 4) is 0 Å². The number of amides is 3. The summed E-state index contributed by atoms with van der Waals surface area (Å²) in [6.07, 6.45) is 1.18. The van der Waals surface area contributed by atoms with Crippen molar-refractivity contribution in [2.45, 2.75) is 6.54 Å². The molecule has 0 radical (unpaired) electrons. The zero-order chi connectivity index (χ0) is 19.2. The molecule has 3 rings (SSSR count). The average Bonchev–Trinajstić information content (AvgIpc) is 2.95. The highest BCUT2D eigenvalue weighted by atomic mass is 16.3. The summed E-state index contributed by atoms with van der Waals surface area (Å²) in [6.45, 7) is 0.0581. The molecule has 3 N–H and O–H groups in total. The molecule has 0 atom stereocenters. The third-order valence-electron chi connectivity index (χ3n) is 4.03. The van der Waals surface area contributed by atoms with Gasteiger partial charge >= 0.3 is 0 Å². The summed E-state index contributed by atoms with van der Waals surface area (Å²) in [5, 5.41) is 14.6. The molecule has 7 nitrogen and oxygen atoms in total. The number of benzene rings is 2. The van der Waals surface area contributed by atoms with Crippen LogP contribution in [0.15, 0.2) is 66.4 Å². The molecular formula is C20H19N3O4. The molecule has 0 saturated carbocycles. The Morgan fingerprint density at radius 1 is 1.04 bits per heavy atom. The number of aliphatic hydroxyl groups excluding tert-OH is 1. The molecule has 2 aromatic carbocycles. The number of hydrogen-bond acceptors (Lipinski definition) is 5. The number of β-amino-alcohol motifs (C(OH)–C–C–N with tert-alkyl or cyclic N) is 1. The van der Waals surface area contributed by atoms with Crippen molar-refractivity contribution in [3.05, 3.63) is 77.5 Å². The van der Waals surface area contributed by atoms with Crippen LogP contribution in [0, 0.1) is 0 Å². The van der Waals surface area contributed by atoms with Crippen LogP contribution in [-0.4, -0.2) is 40.9 Å². The fourth-order valence-corrected chi connectivity index (χ4v) is 2.68. The van der Waals surface area contributed by atoms with Crippen molar-refractivity contribution in [2.75, 3.05) is 18.5 Å². The number of aliphatic hydroxyl groups is 1. The van der Waals surface area contributed by atoms with Gasteiger partial charge in [0.1, 0.15) is 5.70 Å². The van der Waals surface area contributed by atoms with Gasteiger partial charge in [0.15, 0.2) is 0 Å². The first kappa shape index (κ1) is 18.3. The van der Waals surface area contributed by atoms with Crippen LogP contribution < -0.4 is 10.6 Å². The molecule has 0 aromatic heterocycles. The zero-order valence-corrected chi connectivity index (χ0v) is 14.5. The van der Waals surface area contributed by atoms with Gasteiger partial charge in [-0.05, 0) is 23.8 Å². The van der Waals surface area contributed by atoms with Crippen LogP contribution >= 0.6 is 0 Å². The van der Waals surface area contributed by atoms with Crippen molar-refractivity contribution in [1.29, 1.82) is 0 Å². The molecule has 0 saturated heterocycles. The highest BCUT2D eigenvalue weighted by Crippen LogP contribution is 2.18. The first-order valence-electron chi connectivity index (χ1n) is 8.46. The molecule has 7 heteroatoms. The van der Waals surface area contributed by atoms with E-state index in [1.165, 1.54) is 6.08 Å². The Labute approximate surface area is 156 Å². The molecule has 0 bridgehead atoms. The molecular weight excluding hydrogens is 346 g/mol. The number of rotatable bonds is 7. The van der Waals surface area contributed by atoms with Crippen LogP contribution in [-0.2, 0) is 16.1 Å². The van der Waals surface area contributed by atoms with Gasteiger partial charge in [0.2, 0.25) is 0 Å². The minimum absolute atomic E-state index is 0.0543. The number of nitrogens with one attached hydrogen (secondary N) is 2. The fraction of sp³-hybridized carbons (Fsp3) is 0.150. The lowest BCUT2D eigenvalue weighted by Crippen LogP contribution is -2.34. The Morgan fingerprint density at radius 2 is 1.81 bits per heavy atom. The third-order valence-corrected chi connectivity index (χ3v) is 4.03. The van der Waals surface area contributed by atoms with Gasteiger partial charge in [-0.1, -0.05) is 36.4 Å². The molecule has 1 aliphatic rings. The van der Waals surface area contributed by atoms with Gasteiger partial charge in [-0.3, -0.25) is 19.3 Å². The summed E-state index contributed by atoms with van der Waals surface area (Å²) in [4.78, 5) is 37.3. The predicted molar refractivity (Wildman–Crippen MR) is 99.6 cm³/mol. The minimum atomic E-state index is -0.506. The highest BCUT2D eigenvalue weighted by molar-refractivity contribution is 6.17. The number of carbonyl (C=O) groups excluding carboxylic acids is 3. The van der Waals surface area contributed by atoms with E-state index in [2.05, 4.69) is 10.6 Å². The summed E-state index contributed by atoms with van der Waals surface area (Å²) in [7, 11) is 0. The van der Waals surface area contributed by atoms with Crippen LogP contribution in [0.3, 0.4) is 0 Å². The second kappa shape index (κ2) is 8.29. The standard InChI is InChI=1S/C20H19N3O4/c24-10-9-23-18(25)12-17(20(23)27)22-16-8-4-7-15(11-16)19(26)21-13-14-5-2-1-3-6-14/h1-8,11-12,22,24H,9-10,13H2,(H,21,26). The molecule has 0 fully saturated rings. The molecule has 1 aliphatic heterocycles. The monoisotopic (exact) mass is 365 g/mol. The quantitative estimate of drug-likeness (QED) is 0.642. The second-order valence-corrected chi connectivity index (χ2v) is 5.95. The SMILES string of the molecule is O=C(NCc1ccccc1)c1cccc(NC2=CC(=O)N(CCO)C2=O)c1. The number of anilines is 1. The topological polar surface area (TPSA) is 98.7 Å². The van der Waals surface area contributed by atoms with E-state index < -0.39 is 11.8 Å². The van der Waals surface area contributed by atoms with E-state index in [1.807, 2.05) is 30.3 Å². The van der Waals surface area contributed by atoms with Gasteiger partial charge in [-0.2, -0.15) is 0 Å². The van der Waals surface area contributed by atoms with E-state index in [9.17, 15) is 14.4 Å². The first-order chi connectivity index (χ1) is 13.1. The molecule has 0 aliphatic carbocycles. The van der Waals surface area contributed by atoms with Crippen molar-refractivity contribution in [2.24, 2.45) is 0 Å². The fourth-order valence-electron chi connectivity index (χ4n) is 2.68. The van der Waals surface area contributed by atoms with Crippen molar-refractivity contribution in [3.63, 3.8) is 0 Å². The molecule has 2 aromatic rings. The Hall–Kier alpha value is -3.45. The number of hydrogen-bond donors (Lipinski definition) is 3. The van der Waals surface area contributed by atoms with E-state index in [1.54, 1.807) is 24.3 Å². The second-order valence-electron chi connectivity index (χ2n) is 5.95. The molecule has 27 heavy (non-hydrogen) atoms. The Kier molecular flexibility index (Phi) is 5.63. The van der Waals surface area contributed by atoms with Crippen LogP contribution in [0.25, 0.3) is 0 Å². The van der Waals surface area contributed by atoms with Gasteiger partial charge in [0.05, 0.1) is 13.2 Å². The largest absolute Gasteiger partial charge is 0.395 e. The van der Waals surface area contributed by atoms with Gasteiger partial charge < -0.3 is 15.7 Å². The maximum absolute atomic E-state index is 12.4. The predicted octanol–water partition coefficient (Wildman–Crippen LogP) is 1.27. The Morgan fingerprint density at radius 3 is 2.56 bits per heavy atom. The lowest BCUT2D eigenvalue weighted by molar-refractivity contribution is -0.137. The van der Waals surface area contributed by atoms with Gasteiger partial charge in [-0.25, -0.2) is 0 Å². The number of carbonyl (C=O) groups is 3. The summed E-state index contributed by atoms with van der Waals surface area (Å²) in [5.41, 5.74) is 2.04. The van der Waals surface area contributed by atoms with Crippen molar-refractivity contribution < 1.29 is 19.5 Å². The molecule has 1 heterocycles. The summed E-state index contributed by atoms with van der Waals surface area (Å²) in [5.74, 6) is -1.23. The molecule has 0 spiro atoms. The summed E-state index contributed by atoms with van der Waals surface area (Å²) in [6, 6.07) is 16.2. The molecule has 3 amide bonds. The van der Waals surface area contributed by atoms with Crippen LogP contribution in [0.4, 0.5) is 5.69 Å². The molecule has 0 unspecified atom stereocenters. The van der Waals surface area contributed by atoms with Crippen molar-refractivity contribution in [1.82, 2.24) is 10.2 Å². The number of imide groups is 1. The third kappa shape index (κ3) is 4.39. The van der Waals surface area contributed by atoms with Gasteiger partial charge in [0, 0.05) is 23.9 Å². The molecule has 138 valence electrons. The van der Waals surface area contributed by atoms with Gasteiger partial charge in [0.25, 0.3) is 17.7 Å². The average molecular weight is 365 g/mol. The van der Waals surface area contributed by atoms with Crippen LogP contribution in [0.5, 0.6) is 0 Å². The van der Waals surface area contributed by atoms with Gasteiger partial charge in [-0.15, -0.1) is 0 Å². The maximum atomic E-state index is 12.4. The van der Waals surface area contributed by atoms with E-state index in [0.717, 1.165) is 10.5 Å². The Bertz CT molecular complexity index is 893. The van der Waals surface area contributed by atoms with Crippen molar-refractivity contribution >= 4 is 23.4 Å². The number of nitrogens with zero attached hydrogens (tertiary/aromatic N) is 1. The maximum Gasteiger partial charge on any atom is 0.277 e.